The molecule has 1 aliphatic heterocycles. The van der Waals surface area contributed by atoms with Crippen LogP contribution in [0.5, 0.6) is 5.75 Å². The number of benzene rings is 3. The third kappa shape index (κ3) is 4.66. The number of para-hydroxylation sites is 1. The number of nitrogens with one attached hydrogen (secondary N) is 1. The summed E-state index contributed by atoms with van der Waals surface area (Å²) in [6, 6.07) is 11.7. The van der Waals surface area contributed by atoms with Gasteiger partial charge in [0.1, 0.15) is 0 Å². The SMILES string of the molecule is COc1c(C(=O)Nc2c(C)cc(C(F)(C(F)(F)F)C(F)(F)F)cc2Cl)cccc1N1Cc2ccccc2C1=O. The van der Waals surface area contributed by atoms with Gasteiger partial charge < -0.3 is 15.0 Å². The summed E-state index contributed by atoms with van der Waals surface area (Å²) >= 11 is 5.95. The van der Waals surface area contributed by atoms with E-state index in [0.717, 1.165) is 12.5 Å². The van der Waals surface area contributed by atoms with Crippen LogP contribution in [0.3, 0.4) is 0 Å². The van der Waals surface area contributed by atoms with Gasteiger partial charge in [-0.05, 0) is 42.3 Å². The van der Waals surface area contributed by atoms with Gasteiger partial charge in [-0.25, -0.2) is 4.39 Å². The van der Waals surface area contributed by atoms with Crippen molar-refractivity contribution in [2.45, 2.75) is 31.5 Å². The lowest BCUT2D eigenvalue weighted by molar-refractivity contribution is -0.348. The maximum atomic E-state index is 14.5. The van der Waals surface area contributed by atoms with Crippen LogP contribution in [0.1, 0.15) is 37.4 Å². The average molecular weight is 575 g/mol. The van der Waals surface area contributed by atoms with Crippen LogP contribution in [0.15, 0.2) is 54.6 Å². The molecule has 0 radical (unpaired) electrons. The molecular weight excluding hydrogens is 557 g/mol. The van der Waals surface area contributed by atoms with E-state index in [0.29, 0.717) is 11.6 Å². The number of methoxy groups -OCH3 is 1. The topological polar surface area (TPSA) is 58.6 Å². The van der Waals surface area contributed by atoms with E-state index < -0.39 is 34.5 Å². The first kappa shape index (κ1) is 28.2. The average Bonchev–Trinajstić information content (AvgIpc) is 3.19. The molecule has 0 unspecified atom stereocenters. The second kappa shape index (κ2) is 9.74. The molecule has 13 heteroatoms. The predicted molar refractivity (Wildman–Crippen MR) is 129 cm³/mol. The molecular formula is C26H18ClF7N2O3. The number of amides is 2. The molecule has 0 saturated heterocycles. The molecule has 0 aromatic heterocycles. The number of carbonyl (C=O) groups is 2. The number of alkyl halides is 7. The predicted octanol–water partition coefficient (Wildman–Crippen LogP) is 7.36. The van der Waals surface area contributed by atoms with E-state index in [-0.39, 0.29) is 46.8 Å². The van der Waals surface area contributed by atoms with Gasteiger partial charge in [-0.2, -0.15) is 26.3 Å². The minimum Gasteiger partial charge on any atom is -0.494 e. The van der Waals surface area contributed by atoms with Crippen molar-refractivity contribution in [1.82, 2.24) is 0 Å². The molecule has 206 valence electrons. The van der Waals surface area contributed by atoms with Crippen molar-refractivity contribution in [3.8, 4) is 5.75 Å². The Morgan fingerprint density at radius 1 is 0.974 bits per heavy atom. The normalized spacial score (nSPS) is 13.9. The number of aryl methyl sites for hydroxylation is 1. The second-order valence-electron chi connectivity index (χ2n) is 8.66. The van der Waals surface area contributed by atoms with E-state index in [1.54, 1.807) is 30.3 Å². The Labute approximate surface area is 222 Å². The Balaban J connectivity index is 1.69. The summed E-state index contributed by atoms with van der Waals surface area (Å²) in [6.45, 7) is 1.26. The lowest BCUT2D eigenvalue weighted by Gasteiger charge is -2.31. The number of fused-ring (bicyclic) bond motifs is 1. The molecule has 0 spiro atoms. The van der Waals surface area contributed by atoms with Crippen LogP contribution in [0.25, 0.3) is 0 Å². The highest BCUT2D eigenvalue weighted by Gasteiger charge is 2.73. The lowest BCUT2D eigenvalue weighted by atomic mass is 9.92. The number of halogens is 8. The zero-order chi connectivity index (χ0) is 28.9. The molecule has 2 amide bonds. The number of carbonyl (C=O) groups excluding carboxylic acids is 2. The number of ether oxygens (including phenoxy) is 1. The van der Waals surface area contributed by atoms with Crippen molar-refractivity contribution in [1.29, 1.82) is 0 Å². The van der Waals surface area contributed by atoms with E-state index >= 15 is 0 Å². The highest BCUT2D eigenvalue weighted by Crippen LogP contribution is 2.54. The van der Waals surface area contributed by atoms with E-state index in [9.17, 15) is 40.3 Å². The summed E-state index contributed by atoms with van der Waals surface area (Å²) in [5.74, 6) is -1.24. The third-order valence-electron chi connectivity index (χ3n) is 6.26. The van der Waals surface area contributed by atoms with Crippen molar-refractivity contribution >= 4 is 34.8 Å². The molecule has 0 bridgehead atoms. The fourth-order valence-electron chi connectivity index (χ4n) is 4.35. The fraction of sp³-hybridized carbons (Fsp3) is 0.231. The highest BCUT2D eigenvalue weighted by molar-refractivity contribution is 6.34. The molecule has 3 aromatic rings. The van der Waals surface area contributed by atoms with E-state index in [1.165, 1.54) is 24.1 Å². The van der Waals surface area contributed by atoms with Gasteiger partial charge in [0.05, 0.1) is 35.6 Å². The number of hydrogen-bond acceptors (Lipinski definition) is 3. The van der Waals surface area contributed by atoms with Gasteiger partial charge in [-0.15, -0.1) is 0 Å². The van der Waals surface area contributed by atoms with Gasteiger partial charge in [-0.3, -0.25) is 9.59 Å². The minimum absolute atomic E-state index is 0.0153. The third-order valence-corrected chi connectivity index (χ3v) is 6.56. The maximum Gasteiger partial charge on any atom is 0.435 e. The van der Waals surface area contributed by atoms with Crippen LogP contribution in [0.2, 0.25) is 5.02 Å². The molecule has 1 heterocycles. The first-order chi connectivity index (χ1) is 18.1. The fourth-order valence-corrected chi connectivity index (χ4v) is 4.66. The summed E-state index contributed by atoms with van der Waals surface area (Å²) in [6.07, 6.45) is -12.7. The molecule has 39 heavy (non-hydrogen) atoms. The summed E-state index contributed by atoms with van der Waals surface area (Å²) in [5, 5.41) is 1.58. The van der Waals surface area contributed by atoms with E-state index in [4.69, 9.17) is 16.3 Å². The zero-order valence-corrected chi connectivity index (χ0v) is 20.9. The van der Waals surface area contributed by atoms with Crippen LogP contribution < -0.4 is 15.0 Å². The molecule has 4 rings (SSSR count). The molecule has 0 atom stereocenters. The Morgan fingerprint density at radius 3 is 2.18 bits per heavy atom. The van der Waals surface area contributed by atoms with Crippen molar-refractivity contribution in [3.63, 3.8) is 0 Å². The number of rotatable bonds is 5. The van der Waals surface area contributed by atoms with Crippen LogP contribution in [-0.2, 0) is 12.2 Å². The van der Waals surface area contributed by atoms with Crippen LogP contribution in [0.4, 0.5) is 42.1 Å². The monoisotopic (exact) mass is 574 g/mol. The van der Waals surface area contributed by atoms with Gasteiger partial charge in [-0.1, -0.05) is 41.9 Å². The quantitative estimate of drug-likeness (QED) is 0.324. The maximum absolute atomic E-state index is 14.5. The van der Waals surface area contributed by atoms with Gasteiger partial charge >= 0.3 is 18.0 Å². The smallest absolute Gasteiger partial charge is 0.435 e. The van der Waals surface area contributed by atoms with Crippen LogP contribution >= 0.6 is 11.6 Å². The first-order valence-electron chi connectivity index (χ1n) is 11.1. The second-order valence-corrected chi connectivity index (χ2v) is 9.07. The number of nitrogens with zero attached hydrogens (tertiary/aromatic N) is 1. The van der Waals surface area contributed by atoms with Gasteiger partial charge in [0.15, 0.2) is 5.75 Å². The Kier molecular flexibility index (Phi) is 7.05. The molecule has 0 aliphatic carbocycles. The molecule has 0 saturated carbocycles. The molecule has 5 nitrogen and oxygen atoms in total. The van der Waals surface area contributed by atoms with Gasteiger partial charge in [0, 0.05) is 11.1 Å². The Morgan fingerprint density at radius 2 is 1.62 bits per heavy atom. The number of anilines is 2. The first-order valence-corrected chi connectivity index (χ1v) is 11.5. The highest BCUT2D eigenvalue weighted by atomic mass is 35.5. The largest absolute Gasteiger partial charge is 0.494 e. The summed E-state index contributed by atoms with van der Waals surface area (Å²) in [5.41, 5.74) is -6.80. The summed E-state index contributed by atoms with van der Waals surface area (Å²) in [4.78, 5) is 27.5. The zero-order valence-electron chi connectivity index (χ0n) is 20.1. The minimum atomic E-state index is -6.33. The van der Waals surface area contributed by atoms with Crippen molar-refractivity contribution in [2.75, 3.05) is 17.3 Å². The summed E-state index contributed by atoms with van der Waals surface area (Å²) < 4.78 is 99.1. The summed E-state index contributed by atoms with van der Waals surface area (Å²) in [7, 11) is 1.26. The van der Waals surface area contributed by atoms with Crippen LogP contribution in [0, 0.1) is 6.92 Å². The molecule has 1 aliphatic rings. The van der Waals surface area contributed by atoms with Crippen molar-refractivity contribution in [3.05, 3.63) is 87.4 Å². The molecule has 1 N–H and O–H groups in total. The van der Waals surface area contributed by atoms with E-state index in [2.05, 4.69) is 5.32 Å². The Hall–Kier alpha value is -3.80. The van der Waals surface area contributed by atoms with Gasteiger partial charge in [0.2, 0.25) is 0 Å². The molecule has 3 aromatic carbocycles. The Bertz CT molecular complexity index is 1430. The van der Waals surface area contributed by atoms with Gasteiger partial charge in [0.25, 0.3) is 11.8 Å². The van der Waals surface area contributed by atoms with Crippen LogP contribution in [-0.4, -0.2) is 31.3 Å². The standard InChI is InChI=1S/C26H18ClF7N2O3/c1-13-10-15(24(28,25(29,30)31)26(32,33)34)11-18(27)20(13)35-22(37)17-8-5-9-19(21(17)39-2)36-12-14-6-3-4-7-16(14)23(36)38/h3-11H,12H2,1-2H3,(H,35,37). The number of hydrogen-bond donors (Lipinski definition) is 1. The lowest BCUT2D eigenvalue weighted by Crippen LogP contribution is -2.50. The van der Waals surface area contributed by atoms with Crippen molar-refractivity contribution in [2.24, 2.45) is 0 Å². The van der Waals surface area contributed by atoms with Crippen molar-refractivity contribution < 1.29 is 45.1 Å². The van der Waals surface area contributed by atoms with E-state index in [1.807, 2.05) is 0 Å². The molecule has 0 fully saturated rings.